The van der Waals surface area contributed by atoms with Crippen LogP contribution in [0.4, 0.5) is 11.4 Å². The van der Waals surface area contributed by atoms with Gasteiger partial charge < -0.3 is 20.1 Å². The van der Waals surface area contributed by atoms with Gasteiger partial charge in [0.25, 0.3) is 0 Å². The summed E-state index contributed by atoms with van der Waals surface area (Å²) in [5, 5.41) is 7.65. The van der Waals surface area contributed by atoms with Crippen molar-refractivity contribution in [2.24, 2.45) is 0 Å². The molecule has 1 fully saturated rings. The van der Waals surface area contributed by atoms with Crippen molar-refractivity contribution in [2.45, 2.75) is 25.9 Å². The zero-order valence-electron chi connectivity index (χ0n) is 19.3. The summed E-state index contributed by atoms with van der Waals surface area (Å²) < 4.78 is 2.16. The number of aromatic nitrogens is 2. The van der Waals surface area contributed by atoms with Gasteiger partial charge in [-0.05, 0) is 91.4 Å². The van der Waals surface area contributed by atoms with Crippen molar-refractivity contribution in [3.63, 3.8) is 0 Å². The van der Waals surface area contributed by atoms with Crippen LogP contribution in [-0.4, -0.2) is 20.6 Å². The lowest BCUT2D eigenvalue weighted by Crippen LogP contribution is -2.30. The third kappa shape index (κ3) is 4.52. The second kappa shape index (κ2) is 9.52. The Bertz CT molecular complexity index is 1390. The number of amides is 1. The van der Waals surface area contributed by atoms with Crippen LogP contribution < -0.4 is 15.5 Å². The number of pyridine rings is 1. The standard InChI is InChI=1S/C27H24ClN5OS/c1-17-16-21(12-13-22(17)28)32-15-5-7-24(32)26-25(23-6-3-4-14-29-23)31-27(35)33(26)20-10-8-19(9-11-20)30-18(2)34/h3-16,25-26H,1-2H3,(H,30,34)(H,31,35)/t25-,26-/m0/s1. The lowest BCUT2D eigenvalue weighted by atomic mass is 10.0. The molecule has 5 rings (SSSR count). The Kier molecular flexibility index (Phi) is 6.28. The topological polar surface area (TPSA) is 62.2 Å². The van der Waals surface area contributed by atoms with E-state index in [0.717, 1.165) is 39.0 Å². The van der Waals surface area contributed by atoms with Crippen LogP contribution in [0.15, 0.2) is 85.2 Å². The number of nitrogens with zero attached hydrogens (tertiary/aromatic N) is 3. The van der Waals surface area contributed by atoms with Gasteiger partial charge in [0.05, 0.1) is 11.7 Å². The van der Waals surface area contributed by atoms with Gasteiger partial charge in [-0.25, -0.2) is 0 Å². The lowest BCUT2D eigenvalue weighted by molar-refractivity contribution is -0.114. The Balaban J connectivity index is 1.62. The molecule has 3 heterocycles. The van der Waals surface area contributed by atoms with E-state index in [1.807, 2.05) is 73.8 Å². The van der Waals surface area contributed by atoms with E-state index in [2.05, 4.69) is 37.2 Å². The number of benzene rings is 2. The normalized spacial score (nSPS) is 17.3. The molecular weight excluding hydrogens is 478 g/mol. The quantitative estimate of drug-likeness (QED) is 0.330. The fraction of sp³-hybridized carbons (Fsp3) is 0.148. The molecule has 0 bridgehead atoms. The molecule has 0 unspecified atom stereocenters. The van der Waals surface area contributed by atoms with Crippen molar-refractivity contribution >= 4 is 46.2 Å². The van der Waals surface area contributed by atoms with Crippen LogP contribution in [0.2, 0.25) is 5.02 Å². The van der Waals surface area contributed by atoms with Crippen molar-refractivity contribution in [1.29, 1.82) is 0 Å². The number of halogens is 1. The summed E-state index contributed by atoms with van der Waals surface area (Å²) in [4.78, 5) is 18.2. The first-order valence-electron chi connectivity index (χ1n) is 11.2. The Morgan fingerprint density at radius 1 is 1.06 bits per heavy atom. The van der Waals surface area contributed by atoms with Crippen LogP contribution in [-0.2, 0) is 4.79 Å². The molecule has 1 aliphatic rings. The van der Waals surface area contributed by atoms with E-state index in [9.17, 15) is 4.79 Å². The SMILES string of the molecule is CC(=O)Nc1ccc(N2C(=S)N[C@@H](c3ccccn3)[C@@H]2c2cccn2-c2ccc(Cl)c(C)c2)cc1. The second-order valence-corrected chi connectivity index (χ2v) is 9.26. The molecule has 1 saturated heterocycles. The highest BCUT2D eigenvalue weighted by Gasteiger charge is 2.42. The predicted octanol–water partition coefficient (Wildman–Crippen LogP) is 5.97. The van der Waals surface area contributed by atoms with Gasteiger partial charge in [0, 0.05) is 47.1 Å². The van der Waals surface area contributed by atoms with Crippen molar-refractivity contribution < 1.29 is 4.79 Å². The number of thiocarbonyl (C=S) groups is 1. The molecule has 1 amide bonds. The summed E-state index contributed by atoms with van der Waals surface area (Å²) in [7, 11) is 0. The number of nitrogens with one attached hydrogen (secondary N) is 2. The molecule has 1 aliphatic heterocycles. The fourth-order valence-corrected chi connectivity index (χ4v) is 4.95. The van der Waals surface area contributed by atoms with E-state index in [-0.39, 0.29) is 18.0 Å². The van der Waals surface area contributed by atoms with Crippen molar-refractivity contribution in [3.05, 3.63) is 107 Å². The van der Waals surface area contributed by atoms with E-state index < -0.39 is 0 Å². The molecule has 0 radical (unpaired) electrons. The molecule has 0 saturated carbocycles. The summed E-state index contributed by atoms with van der Waals surface area (Å²) in [5.41, 5.74) is 5.64. The molecule has 176 valence electrons. The molecule has 0 spiro atoms. The first kappa shape index (κ1) is 23.1. The van der Waals surface area contributed by atoms with Gasteiger partial charge in [-0.1, -0.05) is 17.7 Å². The van der Waals surface area contributed by atoms with Gasteiger partial charge in [-0.15, -0.1) is 0 Å². The van der Waals surface area contributed by atoms with E-state index in [1.54, 1.807) is 6.20 Å². The van der Waals surface area contributed by atoms with Crippen LogP contribution >= 0.6 is 23.8 Å². The average Bonchev–Trinajstić information content (AvgIpc) is 3.46. The van der Waals surface area contributed by atoms with Gasteiger partial charge in [-0.3, -0.25) is 9.78 Å². The summed E-state index contributed by atoms with van der Waals surface area (Å²) in [5.74, 6) is -0.111. The molecule has 4 aromatic rings. The van der Waals surface area contributed by atoms with Gasteiger partial charge in [0.2, 0.25) is 5.91 Å². The Labute approximate surface area is 214 Å². The first-order chi connectivity index (χ1) is 16.9. The largest absolute Gasteiger partial charge is 0.351 e. The second-order valence-electron chi connectivity index (χ2n) is 8.46. The molecule has 2 aromatic heterocycles. The summed E-state index contributed by atoms with van der Waals surface area (Å²) in [6, 6.07) is 23.4. The molecule has 35 heavy (non-hydrogen) atoms. The number of anilines is 2. The smallest absolute Gasteiger partial charge is 0.221 e. The maximum atomic E-state index is 11.5. The van der Waals surface area contributed by atoms with E-state index in [1.165, 1.54) is 6.92 Å². The van der Waals surface area contributed by atoms with Crippen LogP contribution in [0.25, 0.3) is 5.69 Å². The average molecular weight is 502 g/mol. The van der Waals surface area contributed by atoms with Crippen molar-refractivity contribution in [3.8, 4) is 5.69 Å². The van der Waals surface area contributed by atoms with E-state index in [0.29, 0.717) is 5.11 Å². The molecule has 2 N–H and O–H groups in total. The van der Waals surface area contributed by atoms with Gasteiger partial charge in [-0.2, -0.15) is 0 Å². The minimum Gasteiger partial charge on any atom is -0.351 e. The number of aryl methyl sites for hydroxylation is 1. The molecule has 8 heteroatoms. The van der Waals surface area contributed by atoms with Crippen molar-refractivity contribution in [2.75, 3.05) is 10.2 Å². The highest BCUT2D eigenvalue weighted by Crippen LogP contribution is 2.42. The zero-order valence-corrected chi connectivity index (χ0v) is 20.8. The number of carbonyl (C=O) groups is 1. The fourth-order valence-electron chi connectivity index (χ4n) is 4.49. The van der Waals surface area contributed by atoms with Crippen LogP contribution in [0.5, 0.6) is 0 Å². The Morgan fingerprint density at radius 3 is 2.51 bits per heavy atom. The van der Waals surface area contributed by atoms with Crippen LogP contribution in [0, 0.1) is 6.92 Å². The predicted molar refractivity (Wildman–Crippen MR) is 144 cm³/mol. The summed E-state index contributed by atoms with van der Waals surface area (Å²) >= 11 is 12.1. The number of hydrogen-bond acceptors (Lipinski definition) is 3. The third-order valence-electron chi connectivity index (χ3n) is 6.07. The van der Waals surface area contributed by atoms with Crippen molar-refractivity contribution in [1.82, 2.24) is 14.9 Å². The maximum Gasteiger partial charge on any atom is 0.221 e. The van der Waals surface area contributed by atoms with Crippen LogP contribution in [0.3, 0.4) is 0 Å². The summed E-state index contributed by atoms with van der Waals surface area (Å²) in [6.45, 7) is 3.49. The number of hydrogen-bond donors (Lipinski definition) is 2. The maximum absolute atomic E-state index is 11.5. The molecule has 2 atom stereocenters. The minimum atomic E-state index is -0.171. The zero-order chi connectivity index (χ0) is 24.5. The number of rotatable bonds is 5. The first-order valence-corrected chi connectivity index (χ1v) is 12.0. The highest BCUT2D eigenvalue weighted by atomic mass is 35.5. The van der Waals surface area contributed by atoms with Gasteiger partial charge in [0.15, 0.2) is 5.11 Å². The van der Waals surface area contributed by atoms with Gasteiger partial charge >= 0.3 is 0 Å². The van der Waals surface area contributed by atoms with Gasteiger partial charge in [0.1, 0.15) is 6.04 Å². The lowest BCUT2D eigenvalue weighted by Gasteiger charge is -2.29. The molecule has 2 aromatic carbocycles. The van der Waals surface area contributed by atoms with Crippen LogP contribution in [0.1, 0.15) is 36.0 Å². The summed E-state index contributed by atoms with van der Waals surface area (Å²) in [6.07, 6.45) is 3.84. The number of carbonyl (C=O) groups excluding carboxylic acids is 1. The highest BCUT2D eigenvalue weighted by molar-refractivity contribution is 7.80. The Hall–Kier alpha value is -3.68. The molecule has 6 nitrogen and oxygen atoms in total. The third-order valence-corrected chi connectivity index (χ3v) is 6.81. The monoisotopic (exact) mass is 501 g/mol. The minimum absolute atomic E-state index is 0.111. The van der Waals surface area contributed by atoms with E-state index >= 15 is 0 Å². The molecular formula is C27H24ClN5OS. The van der Waals surface area contributed by atoms with E-state index in [4.69, 9.17) is 23.8 Å². The Morgan fingerprint density at radius 2 is 1.83 bits per heavy atom. The molecule has 0 aliphatic carbocycles.